The fourth-order valence-corrected chi connectivity index (χ4v) is 2.83. The molecule has 1 atom stereocenters. The molecule has 1 aliphatic rings. The lowest BCUT2D eigenvalue weighted by atomic mass is 10.2. The number of likely N-dealkylation sites (tertiary alicyclic amines) is 1. The van der Waals surface area contributed by atoms with Gasteiger partial charge in [-0.25, -0.2) is 4.98 Å². The van der Waals surface area contributed by atoms with Gasteiger partial charge in [0.1, 0.15) is 6.10 Å². The molecule has 7 nitrogen and oxygen atoms in total. The zero-order valence-electron chi connectivity index (χ0n) is 15.0. The lowest BCUT2D eigenvalue weighted by Crippen LogP contribution is -2.29. The Balaban J connectivity index is 1.56. The van der Waals surface area contributed by atoms with Crippen LogP contribution >= 0.6 is 0 Å². The summed E-state index contributed by atoms with van der Waals surface area (Å²) in [6.45, 7) is 0.619. The quantitative estimate of drug-likeness (QED) is 0.429. The first-order chi connectivity index (χ1) is 13.7. The van der Waals surface area contributed by atoms with Crippen molar-refractivity contribution < 1.29 is 27.6 Å². The number of non-ortho nitro benzene ring substituents is 1. The van der Waals surface area contributed by atoms with Crippen molar-refractivity contribution in [1.29, 1.82) is 0 Å². The number of nitrogens with zero attached hydrogens (tertiary/aromatic N) is 3. The average molecular weight is 407 g/mol. The van der Waals surface area contributed by atoms with Crippen LogP contribution in [0.3, 0.4) is 0 Å². The van der Waals surface area contributed by atoms with Gasteiger partial charge in [-0.05, 0) is 29.8 Å². The Bertz CT molecular complexity index is 929. The molecule has 10 heteroatoms. The van der Waals surface area contributed by atoms with Crippen LogP contribution in [0.25, 0.3) is 6.08 Å². The van der Waals surface area contributed by atoms with Crippen molar-refractivity contribution in [2.75, 3.05) is 13.1 Å². The van der Waals surface area contributed by atoms with E-state index < -0.39 is 22.8 Å². The van der Waals surface area contributed by atoms with Crippen molar-refractivity contribution in [3.8, 4) is 5.88 Å². The predicted molar refractivity (Wildman–Crippen MR) is 97.0 cm³/mol. The van der Waals surface area contributed by atoms with E-state index in [2.05, 4.69) is 4.98 Å². The van der Waals surface area contributed by atoms with Crippen molar-refractivity contribution in [3.05, 3.63) is 69.9 Å². The summed E-state index contributed by atoms with van der Waals surface area (Å²) in [5.41, 5.74) is -0.264. The van der Waals surface area contributed by atoms with Gasteiger partial charge in [-0.15, -0.1) is 0 Å². The number of hydrogen-bond donors (Lipinski definition) is 0. The van der Waals surface area contributed by atoms with E-state index >= 15 is 0 Å². The van der Waals surface area contributed by atoms with E-state index in [-0.39, 0.29) is 24.0 Å². The van der Waals surface area contributed by atoms with Crippen molar-refractivity contribution in [2.24, 2.45) is 0 Å². The van der Waals surface area contributed by atoms with Gasteiger partial charge in [-0.2, -0.15) is 13.2 Å². The summed E-state index contributed by atoms with van der Waals surface area (Å²) in [6.07, 6.45) is -0.567. The fourth-order valence-electron chi connectivity index (χ4n) is 2.83. The highest BCUT2D eigenvalue weighted by Crippen LogP contribution is 2.31. The number of carbonyl (C=O) groups excluding carboxylic acids is 1. The number of benzene rings is 1. The first-order valence-corrected chi connectivity index (χ1v) is 8.64. The van der Waals surface area contributed by atoms with E-state index in [1.54, 1.807) is 0 Å². The SMILES string of the molecule is O=C(/C=C/c1ccc([N+](=O)[O-])cc1)N1CCC(Oc2cc(C(F)(F)F)ccn2)C1. The summed E-state index contributed by atoms with van der Waals surface area (Å²) in [5.74, 6) is -0.424. The molecule has 0 saturated carbocycles. The number of amides is 1. The summed E-state index contributed by atoms with van der Waals surface area (Å²) in [4.78, 5) is 27.7. The van der Waals surface area contributed by atoms with Crippen LogP contribution in [0, 0.1) is 10.1 Å². The second-order valence-electron chi connectivity index (χ2n) is 6.38. The monoisotopic (exact) mass is 407 g/mol. The number of pyridine rings is 1. The topological polar surface area (TPSA) is 85.6 Å². The van der Waals surface area contributed by atoms with Crippen LogP contribution in [-0.2, 0) is 11.0 Å². The van der Waals surface area contributed by atoms with E-state index in [9.17, 15) is 28.1 Å². The van der Waals surface area contributed by atoms with Gasteiger partial charge in [0.25, 0.3) is 5.69 Å². The largest absolute Gasteiger partial charge is 0.472 e. The number of hydrogen-bond acceptors (Lipinski definition) is 5. The zero-order chi connectivity index (χ0) is 21.0. The van der Waals surface area contributed by atoms with Crippen molar-refractivity contribution in [2.45, 2.75) is 18.7 Å². The van der Waals surface area contributed by atoms with Gasteiger partial charge in [0.15, 0.2) is 0 Å². The molecule has 1 unspecified atom stereocenters. The Morgan fingerprint density at radius 3 is 2.66 bits per heavy atom. The van der Waals surface area contributed by atoms with Gasteiger partial charge in [-0.1, -0.05) is 0 Å². The highest BCUT2D eigenvalue weighted by Gasteiger charge is 2.32. The number of carbonyl (C=O) groups is 1. The molecule has 3 rings (SSSR count). The van der Waals surface area contributed by atoms with Crippen LogP contribution < -0.4 is 4.74 Å². The molecule has 2 aromatic rings. The molecule has 152 valence electrons. The number of nitro benzene ring substituents is 1. The Morgan fingerprint density at radius 2 is 2.00 bits per heavy atom. The minimum Gasteiger partial charge on any atom is -0.472 e. The second-order valence-corrected chi connectivity index (χ2v) is 6.38. The molecule has 1 aliphatic heterocycles. The summed E-state index contributed by atoms with van der Waals surface area (Å²) >= 11 is 0. The molecular formula is C19H16F3N3O4. The molecule has 0 radical (unpaired) electrons. The molecule has 29 heavy (non-hydrogen) atoms. The van der Waals surface area contributed by atoms with E-state index in [0.29, 0.717) is 18.5 Å². The van der Waals surface area contributed by atoms with Gasteiger partial charge < -0.3 is 9.64 Å². The Hall–Kier alpha value is -3.43. The Morgan fingerprint density at radius 1 is 1.28 bits per heavy atom. The van der Waals surface area contributed by atoms with E-state index in [1.165, 1.54) is 41.3 Å². The smallest absolute Gasteiger partial charge is 0.416 e. The summed E-state index contributed by atoms with van der Waals surface area (Å²) in [5, 5.41) is 10.6. The van der Waals surface area contributed by atoms with Gasteiger partial charge in [0, 0.05) is 43.4 Å². The van der Waals surface area contributed by atoms with Gasteiger partial charge >= 0.3 is 6.18 Å². The highest BCUT2D eigenvalue weighted by molar-refractivity contribution is 5.92. The molecular weight excluding hydrogens is 391 g/mol. The summed E-state index contributed by atoms with van der Waals surface area (Å²) in [7, 11) is 0. The number of alkyl halides is 3. The third-order valence-electron chi connectivity index (χ3n) is 4.33. The first kappa shape index (κ1) is 20.3. The maximum Gasteiger partial charge on any atom is 0.416 e. The third-order valence-corrected chi connectivity index (χ3v) is 4.33. The maximum absolute atomic E-state index is 12.8. The normalized spacial score (nSPS) is 16.9. The van der Waals surface area contributed by atoms with E-state index in [1.807, 2.05) is 0 Å². The molecule has 1 amide bonds. The molecule has 1 saturated heterocycles. The van der Waals surface area contributed by atoms with Gasteiger partial charge in [-0.3, -0.25) is 14.9 Å². The molecule has 0 spiro atoms. The summed E-state index contributed by atoms with van der Waals surface area (Å²) in [6, 6.07) is 7.42. The lowest BCUT2D eigenvalue weighted by molar-refractivity contribution is -0.384. The molecule has 0 aliphatic carbocycles. The van der Waals surface area contributed by atoms with Crippen LogP contribution in [0.1, 0.15) is 17.5 Å². The van der Waals surface area contributed by atoms with Crippen LogP contribution in [-0.4, -0.2) is 39.9 Å². The van der Waals surface area contributed by atoms with E-state index in [0.717, 1.165) is 18.3 Å². The summed E-state index contributed by atoms with van der Waals surface area (Å²) < 4.78 is 43.8. The predicted octanol–water partition coefficient (Wildman–Crippen LogP) is 3.70. The lowest BCUT2D eigenvalue weighted by Gasteiger charge is -2.16. The molecule has 0 bridgehead atoms. The van der Waals surface area contributed by atoms with Crippen LogP contribution in [0.15, 0.2) is 48.7 Å². The Kier molecular flexibility index (Phi) is 5.81. The van der Waals surface area contributed by atoms with Crippen LogP contribution in [0.5, 0.6) is 5.88 Å². The van der Waals surface area contributed by atoms with Gasteiger partial charge in [0.05, 0.1) is 17.0 Å². The van der Waals surface area contributed by atoms with Crippen LogP contribution in [0.2, 0.25) is 0 Å². The molecule has 1 fully saturated rings. The number of rotatable bonds is 5. The number of aromatic nitrogens is 1. The average Bonchev–Trinajstić information content (AvgIpc) is 3.14. The molecule has 0 N–H and O–H groups in total. The number of halogens is 3. The van der Waals surface area contributed by atoms with Crippen molar-refractivity contribution in [3.63, 3.8) is 0 Å². The van der Waals surface area contributed by atoms with E-state index in [4.69, 9.17) is 4.74 Å². The molecule has 1 aromatic heterocycles. The first-order valence-electron chi connectivity index (χ1n) is 8.64. The van der Waals surface area contributed by atoms with Crippen molar-refractivity contribution >= 4 is 17.7 Å². The number of ether oxygens (including phenoxy) is 1. The van der Waals surface area contributed by atoms with Crippen LogP contribution in [0.4, 0.5) is 18.9 Å². The molecule has 2 heterocycles. The highest BCUT2D eigenvalue weighted by atomic mass is 19.4. The van der Waals surface area contributed by atoms with Gasteiger partial charge in [0.2, 0.25) is 11.8 Å². The maximum atomic E-state index is 12.8. The Labute approximate surface area is 163 Å². The fraction of sp³-hybridized carbons (Fsp3) is 0.263. The standard InChI is InChI=1S/C19H16F3N3O4/c20-19(21,22)14-7-9-23-17(11-14)29-16-8-10-24(12-16)18(26)6-3-13-1-4-15(5-2-13)25(27)28/h1-7,9,11,16H,8,10,12H2/b6-3+. The minimum absolute atomic E-state index is 0.0452. The van der Waals surface area contributed by atoms with Crippen molar-refractivity contribution in [1.82, 2.24) is 9.88 Å². The second kappa shape index (κ2) is 8.29. The number of nitro groups is 1. The zero-order valence-corrected chi connectivity index (χ0v) is 15.0. The molecule has 1 aromatic carbocycles. The minimum atomic E-state index is -4.48. The third kappa shape index (κ3) is 5.31.